The van der Waals surface area contributed by atoms with Crippen LogP contribution in [0.5, 0.6) is 17.2 Å². The molecule has 0 fully saturated rings. The molecule has 0 bridgehead atoms. The van der Waals surface area contributed by atoms with Crippen LogP contribution in [-0.4, -0.2) is 12.8 Å². The molecule has 0 amide bonds. The number of alkyl halides is 3. The highest BCUT2D eigenvalue weighted by molar-refractivity contribution is 5.34. The third kappa shape index (κ3) is 7.04. The van der Waals surface area contributed by atoms with Gasteiger partial charge in [0.05, 0.1) is 0 Å². The van der Waals surface area contributed by atoms with Crippen LogP contribution in [0.25, 0.3) is 0 Å². The van der Waals surface area contributed by atoms with Crippen molar-refractivity contribution in [2.24, 2.45) is 0 Å². The Labute approximate surface area is 188 Å². The third-order valence-corrected chi connectivity index (χ3v) is 5.81. The van der Waals surface area contributed by atoms with Crippen LogP contribution in [0.3, 0.4) is 0 Å². The van der Waals surface area contributed by atoms with E-state index in [0.717, 1.165) is 42.7 Å². The first-order valence-corrected chi connectivity index (χ1v) is 10.9. The molecule has 3 rings (SSSR count). The Bertz CT molecular complexity index is 968. The molecule has 1 unspecified atom stereocenters. The molecule has 32 heavy (non-hydrogen) atoms. The van der Waals surface area contributed by atoms with Gasteiger partial charge in [-0.05, 0) is 78.6 Å². The van der Waals surface area contributed by atoms with Crippen molar-refractivity contribution in [3.8, 4) is 17.2 Å². The van der Waals surface area contributed by atoms with Crippen molar-refractivity contribution in [1.82, 2.24) is 0 Å². The summed E-state index contributed by atoms with van der Waals surface area (Å²) in [5, 5.41) is 0. The summed E-state index contributed by atoms with van der Waals surface area (Å²) in [6.45, 7) is 3.07. The zero-order valence-corrected chi connectivity index (χ0v) is 18.5. The van der Waals surface area contributed by atoms with E-state index in [0.29, 0.717) is 0 Å². The first-order valence-electron chi connectivity index (χ1n) is 10.9. The maximum atomic E-state index is 12.3. The van der Waals surface area contributed by atoms with Gasteiger partial charge in [-0.15, -0.1) is 0 Å². The van der Waals surface area contributed by atoms with Crippen LogP contribution >= 0.6 is 0 Å². The minimum atomic E-state index is -4.33. The molecule has 0 heterocycles. The van der Waals surface area contributed by atoms with E-state index < -0.39 is 12.8 Å². The highest BCUT2D eigenvalue weighted by atomic mass is 19.4. The minimum absolute atomic E-state index is 0.0549. The molecule has 0 aliphatic carbocycles. The molecule has 2 nitrogen and oxygen atoms in total. The predicted octanol–water partition coefficient (Wildman–Crippen LogP) is 8.11. The smallest absolute Gasteiger partial charge is 0.422 e. The molecule has 3 aromatic rings. The van der Waals surface area contributed by atoms with Crippen LogP contribution in [-0.2, 0) is 11.8 Å². The predicted molar refractivity (Wildman–Crippen MR) is 122 cm³/mol. The largest absolute Gasteiger partial charge is 0.484 e. The first kappa shape index (κ1) is 23.7. The molecular formula is C27H29F3O2. The second-order valence-corrected chi connectivity index (χ2v) is 8.26. The molecule has 5 heteroatoms. The summed E-state index contributed by atoms with van der Waals surface area (Å²) >= 11 is 0. The molecule has 0 aliphatic rings. The van der Waals surface area contributed by atoms with Crippen molar-refractivity contribution in [3.05, 3.63) is 90.0 Å². The third-order valence-electron chi connectivity index (χ3n) is 5.81. The van der Waals surface area contributed by atoms with Gasteiger partial charge in [-0.2, -0.15) is 13.2 Å². The van der Waals surface area contributed by atoms with Gasteiger partial charge in [0.2, 0.25) is 0 Å². The highest BCUT2D eigenvalue weighted by Gasteiger charge is 2.29. The highest BCUT2D eigenvalue weighted by Crippen LogP contribution is 2.34. The van der Waals surface area contributed by atoms with Crippen molar-refractivity contribution >= 4 is 0 Å². The molecule has 1 atom stereocenters. The summed E-state index contributed by atoms with van der Waals surface area (Å²) in [6, 6.07) is 24.8. The molecule has 0 saturated heterocycles. The Hall–Kier alpha value is -2.95. The van der Waals surface area contributed by atoms with Gasteiger partial charge < -0.3 is 9.47 Å². The number of hydrogen-bond donors (Lipinski definition) is 0. The van der Waals surface area contributed by atoms with Crippen molar-refractivity contribution in [2.45, 2.75) is 51.1 Å². The summed E-state index contributed by atoms with van der Waals surface area (Å²) in [7, 11) is 0. The van der Waals surface area contributed by atoms with E-state index in [1.165, 1.54) is 5.56 Å². The van der Waals surface area contributed by atoms with Crippen molar-refractivity contribution in [2.75, 3.05) is 6.61 Å². The molecule has 0 spiro atoms. The number of ether oxygens (including phenoxy) is 2. The Balaban J connectivity index is 1.57. The lowest BCUT2D eigenvalue weighted by atomic mass is 9.76. The van der Waals surface area contributed by atoms with Crippen LogP contribution in [0.1, 0.15) is 44.2 Å². The average molecular weight is 443 g/mol. The number of para-hydroxylation sites is 1. The van der Waals surface area contributed by atoms with Crippen LogP contribution in [0.2, 0.25) is 0 Å². The van der Waals surface area contributed by atoms with E-state index in [-0.39, 0.29) is 11.2 Å². The molecule has 170 valence electrons. The van der Waals surface area contributed by atoms with Gasteiger partial charge in [0.1, 0.15) is 17.2 Å². The van der Waals surface area contributed by atoms with Crippen molar-refractivity contribution in [1.29, 1.82) is 0 Å². The quantitative estimate of drug-likeness (QED) is 0.316. The number of hydrogen-bond acceptors (Lipinski definition) is 2. The minimum Gasteiger partial charge on any atom is -0.484 e. The van der Waals surface area contributed by atoms with Crippen molar-refractivity contribution in [3.63, 3.8) is 0 Å². The summed E-state index contributed by atoms with van der Waals surface area (Å²) in [6.07, 6.45) is -0.511. The summed E-state index contributed by atoms with van der Waals surface area (Å²) in [5.74, 6) is 1.87. The molecule has 0 aliphatic heterocycles. The Morgan fingerprint density at radius 2 is 1.47 bits per heavy atom. The SMILES string of the molecule is CCC(C)(CCCc1cccc(Oc2ccccc2)c1)c1ccc(OCC(F)(F)F)cc1. The lowest BCUT2D eigenvalue weighted by Crippen LogP contribution is -2.21. The molecule has 0 saturated carbocycles. The van der Waals surface area contributed by atoms with Gasteiger partial charge in [-0.3, -0.25) is 0 Å². The zero-order valence-electron chi connectivity index (χ0n) is 18.5. The maximum absolute atomic E-state index is 12.3. The normalized spacial score (nSPS) is 13.4. The van der Waals surface area contributed by atoms with Crippen LogP contribution < -0.4 is 9.47 Å². The topological polar surface area (TPSA) is 18.5 Å². The second-order valence-electron chi connectivity index (χ2n) is 8.26. The van der Waals surface area contributed by atoms with Crippen LogP contribution in [0.4, 0.5) is 13.2 Å². The molecular weight excluding hydrogens is 413 g/mol. The number of halogens is 3. The maximum Gasteiger partial charge on any atom is 0.422 e. The Morgan fingerprint density at radius 1 is 0.781 bits per heavy atom. The van der Waals surface area contributed by atoms with Gasteiger partial charge in [0.15, 0.2) is 6.61 Å². The number of aryl methyl sites for hydroxylation is 1. The van der Waals surface area contributed by atoms with Crippen LogP contribution in [0.15, 0.2) is 78.9 Å². The van der Waals surface area contributed by atoms with E-state index in [1.807, 2.05) is 54.6 Å². The van der Waals surface area contributed by atoms with Gasteiger partial charge in [0, 0.05) is 0 Å². The summed E-state index contributed by atoms with van der Waals surface area (Å²) < 4.78 is 47.8. The number of rotatable bonds is 10. The molecule has 0 N–H and O–H groups in total. The van der Waals surface area contributed by atoms with E-state index >= 15 is 0 Å². The first-order chi connectivity index (χ1) is 15.3. The molecule has 3 aromatic carbocycles. The van der Waals surface area contributed by atoms with Gasteiger partial charge in [0.25, 0.3) is 0 Å². The fraction of sp³-hybridized carbons (Fsp3) is 0.333. The lowest BCUT2D eigenvalue weighted by Gasteiger charge is -2.29. The number of benzene rings is 3. The second kappa shape index (κ2) is 10.6. The van der Waals surface area contributed by atoms with Gasteiger partial charge in [-0.1, -0.05) is 56.3 Å². The summed E-state index contributed by atoms with van der Waals surface area (Å²) in [4.78, 5) is 0. The zero-order chi connectivity index (χ0) is 23.0. The van der Waals surface area contributed by atoms with Gasteiger partial charge >= 0.3 is 6.18 Å². The van der Waals surface area contributed by atoms with Crippen LogP contribution in [0, 0.1) is 0 Å². The van der Waals surface area contributed by atoms with E-state index in [2.05, 4.69) is 26.0 Å². The molecule has 0 aromatic heterocycles. The average Bonchev–Trinajstić information content (AvgIpc) is 2.78. The van der Waals surface area contributed by atoms with Crippen molar-refractivity contribution < 1.29 is 22.6 Å². The van der Waals surface area contributed by atoms with E-state index in [9.17, 15) is 13.2 Å². The Morgan fingerprint density at radius 3 is 2.12 bits per heavy atom. The van der Waals surface area contributed by atoms with E-state index in [1.54, 1.807) is 12.1 Å². The fourth-order valence-electron chi connectivity index (χ4n) is 3.72. The van der Waals surface area contributed by atoms with E-state index in [4.69, 9.17) is 9.47 Å². The fourth-order valence-corrected chi connectivity index (χ4v) is 3.72. The standard InChI is InChI=1S/C27H29F3O2/c1-3-26(2,22-14-16-23(17-15-22)31-20-27(28,29)30)18-8-10-21-9-7-13-25(19-21)32-24-11-5-4-6-12-24/h4-7,9,11-17,19H,3,8,10,18,20H2,1-2H3. The lowest BCUT2D eigenvalue weighted by molar-refractivity contribution is -0.153. The monoisotopic (exact) mass is 442 g/mol. The van der Waals surface area contributed by atoms with Gasteiger partial charge in [-0.25, -0.2) is 0 Å². The Kier molecular flexibility index (Phi) is 7.84. The molecule has 0 radical (unpaired) electrons. The summed E-state index contributed by atoms with van der Waals surface area (Å²) in [5.41, 5.74) is 2.27.